The van der Waals surface area contributed by atoms with Crippen LogP contribution in [0.5, 0.6) is 0 Å². The lowest BCUT2D eigenvalue weighted by molar-refractivity contribution is -0.164. The van der Waals surface area contributed by atoms with Gasteiger partial charge in [-0.05, 0) is 50.2 Å². The second-order valence-corrected chi connectivity index (χ2v) is 7.23. The molecule has 0 amide bonds. The first-order valence-electron chi connectivity index (χ1n) is 8.47. The van der Waals surface area contributed by atoms with Crippen LogP contribution in [0.15, 0.2) is 30.4 Å². The summed E-state index contributed by atoms with van der Waals surface area (Å²) in [5.74, 6) is 0.0114. The summed E-state index contributed by atoms with van der Waals surface area (Å²) in [7, 11) is 0. The van der Waals surface area contributed by atoms with Gasteiger partial charge in [-0.25, -0.2) is 4.98 Å². The fourth-order valence-corrected chi connectivity index (χ4v) is 4.63. The Morgan fingerprint density at radius 1 is 1.46 bits per heavy atom. The van der Waals surface area contributed by atoms with E-state index in [0.717, 1.165) is 25.7 Å². The average Bonchev–Trinajstić information content (AvgIpc) is 3.16. The SMILES string of the molecule is C/C=C1/CC[C@H]2[C@@H](OC(C)=O)[C@@H](OC(=S)n3ccnc3)CC[C@]12C. The zero-order chi connectivity index (χ0) is 17.3. The monoisotopic (exact) mass is 348 g/mol. The summed E-state index contributed by atoms with van der Waals surface area (Å²) in [6, 6.07) is 0. The summed E-state index contributed by atoms with van der Waals surface area (Å²) in [5.41, 5.74) is 1.56. The fraction of sp³-hybridized carbons (Fsp3) is 0.611. The molecule has 3 rings (SSSR count). The number of thiocarbonyl (C=S) groups is 1. The Labute approximate surface area is 148 Å². The van der Waals surface area contributed by atoms with Gasteiger partial charge in [0.1, 0.15) is 18.5 Å². The first-order chi connectivity index (χ1) is 11.5. The van der Waals surface area contributed by atoms with E-state index < -0.39 is 0 Å². The van der Waals surface area contributed by atoms with Gasteiger partial charge < -0.3 is 9.47 Å². The molecule has 1 aromatic heterocycles. The zero-order valence-corrected chi connectivity index (χ0v) is 15.2. The number of aromatic nitrogens is 2. The highest BCUT2D eigenvalue weighted by atomic mass is 32.1. The van der Waals surface area contributed by atoms with Crippen molar-refractivity contribution in [1.82, 2.24) is 9.55 Å². The Bertz CT molecular complexity index is 655. The minimum atomic E-state index is -0.264. The van der Waals surface area contributed by atoms with E-state index in [1.54, 1.807) is 23.3 Å². The minimum absolute atomic E-state index is 0.0886. The van der Waals surface area contributed by atoms with E-state index in [0.29, 0.717) is 5.17 Å². The van der Waals surface area contributed by atoms with Gasteiger partial charge in [0.2, 0.25) is 0 Å². The van der Waals surface area contributed by atoms with E-state index in [4.69, 9.17) is 21.7 Å². The van der Waals surface area contributed by atoms with E-state index in [9.17, 15) is 4.79 Å². The molecule has 2 saturated carbocycles. The van der Waals surface area contributed by atoms with Crippen molar-refractivity contribution in [3.8, 4) is 0 Å². The lowest BCUT2D eigenvalue weighted by atomic mass is 9.65. The van der Waals surface area contributed by atoms with Crippen LogP contribution in [0.2, 0.25) is 0 Å². The largest absolute Gasteiger partial charge is 0.463 e. The van der Waals surface area contributed by atoms with Crippen LogP contribution in [-0.2, 0) is 14.3 Å². The summed E-state index contributed by atoms with van der Waals surface area (Å²) in [6.07, 6.45) is 10.7. The lowest BCUT2D eigenvalue weighted by Crippen LogP contribution is -2.49. The van der Waals surface area contributed by atoms with Gasteiger partial charge in [-0.3, -0.25) is 9.36 Å². The number of rotatable bonds is 2. The van der Waals surface area contributed by atoms with Crippen LogP contribution in [0, 0.1) is 11.3 Å². The van der Waals surface area contributed by atoms with Crippen LogP contribution in [0.25, 0.3) is 0 Å². The van der Waals surface area contributed by atoms with Crippen molar-refractivity contribution in [2.24, 2.45) is 11.3 Å². The normalized spacial score (nSPS) is 34.0. The molecular formula is C18H24N2O3S. The van der Waals surface area contributed by atoms with Gasteiger partial charge in [0, 0.05) is 25.2 Å². The first-order valence-corrected chi connectivity index (χ1v) is 8.88. The van der Waals surface area contributed by atoms with E-state index in [2.05, 4.69) is 24.9 Å². The summed E-state index contributed by atoms with van der Waals surface area (Å²) >= 11 is 5.36. The molecule has 0 radical (unpaired) electrons. The molecule has 0 N–H and O–H groups in total. The quantitative estimate of drug-likeness (QED) is 0.465. The van der Waals surface area contributed by atoms with Gasteiger partial charge >= 0.3 is 5.97 Å². The van der Waals surface area contributed by atoms with Gasteiger partial charge in [0.15, 0.2) is 0 Å². The van der Waals surface area contributed by atoms with Crippen molar-refractivity contribution in [2.45, 2.75) is 58.7 Å². The summed E-state index contributed by atoms with van der Waals surface area (Å²) in [4.78, 5) is 15.7. The average molecular weight is 348 g/mol. The van der Waals surface area contributed by atoms with Gasteiger partial charge in [-0.15, -0.1) is 0 Å². The molecule has 24 heavy (non-hydrogen) atoms. The number of allylic oxidation sites excluding steroid dienone is 2. The molecule has 5 nitrogen and oxygen atoms in total. The Morgan fingerprint density at radius 3 is 2.88 bits per heavy atom. The highest BCUT2D eigenvalue weighted by Gasteiger charge is 2.53. The Balaban J connectivity index is 1.82. The molecule has 4 atom stereocenters. The molecule has 6 heteroatoms. The van der Waals surface area contributed by atoms with Gasteiger partial charge in [-0.2, -0.15) is 0 Å². The number of fused-ring (bicyclic) bond motifs is 1. The molecule has 1 aromatic rings. The number of nitrogens with zero attached hydrogens (tertiary/aromatic N) is 2. The molecule has 0 spiro atoms. The standard InChI is InChI=1S/C18H24N2O3S/c1-4-13-5-6-14-16(22-12(2)21)15(7-8-18(13,14)3)23-17(24)20-10-9-19-11-20/h4,9-11,14-16H,5-8H2,1-3H3/b13-4-/t14-,15-,16+,18+/m0/s1. The van der Waals surface area contributed by atoms with Crippen LogP contribution in [0.3, 0.4) is 0 Å². The van der Waals surface area contributed by atoms with Crippen LogP contribution in [0.4, 0.5) is 0 Å². The Hall–Kier alpha value is -1.69. The molecule has 1 heterocycles. The predicted molar refractivity (Wildman–Crippen MR) is 94.5 cm³/mol. The second-order valence-electron chi connectivity index (χ2n) is 6.88. The number of carbonyl (C=O) groups excluding carboxylic acids is 1. The molecule has 2 aliphatic rings. The van der Waals surface area contributed by atoms with E-state index in [-0.39, 0.29) is 29.5 Å². The number of carbonyl (C=O) groups is 1. The minimum Gasteiger partial charge on any atom is -0.463 e. The second kappa shape index (κ2) is 6.67. The predicted octanol–water partition coefficient (Wildman–Crippen LogP) is 3.49. The van der Waals surface area contributed by atoms with Crippen molar-refractivity contribution < 1.29 is 14.3 Å². The van der Waals surface area contributed by atoms with Crippen molar-refractivity contribution >= 4 is 23.4 Å². The van der Waals surface area contributed by atoms with Gasteiger partial charge in [0.05, 0.1) is 0 Å². The molecular weight excluding hydrogens is 324 g/mol. The van der Waals surface area contributed by atoms with E-state index >= 15 is 0 Å². The number of esters is 1. The topological polar surface area (TPSA) is 53.4 Å². The molecule has 0 aromatic carbocycles. The third-order valence-electron chi connectivity index (χ3n) is 5.61. The van der Waals surface area contributed by atoms with Crippen LogP contribution >= 0.6 is 12.2 Å². The van der Waals surface area contributed by atoms with Crippen molar-refractivity contribution in [2.75, 3.05) is 0 Å². The number of imidazole rings is 1. The van der Waals surface area contributed by atoms with Crippen molar-refractivity contribution in [1.29, 1.82) is 0 Å². The van der Waals surface area contributed by atoms with Crippen LogP contribution in [0.1, 0.15) is 46.5 Å². The summed E-state index contributed by atoms with van der Waals surface area (Å²) in [6.45, 7) is 5.85. The van der Waals surface area contributed by atoms with E-state index in [1.165, 1.54) is 12.5 Å². The number of hydrogen-bond acceptors (Lipinski definition) is 5. The van der Waals surface area contributed by atoms with Gasteiger partial charge in [-0.1, -0.05) is 18.6 Å². The molecule has 0 saturated heterocycles. The molecule has 2 aliphatic carbocycles. The highest BCUT2D eigenvalue weighted by molar-refractivity contribution is 7.80. The maximum absolute atomic E-state index is 11.7. The van der Waals surface area contributed by atoms with Gasteiger partial charge in [0.25, 0.3) is 5.17 Å². The van der Waals surface area contributed by atoms with Crippen molar-refractivity contribution in [3.63, 3.8) is 0 Å². The zero-order valence-electron chi connectivity index (χ0n) is 14.4. The summed E-state index contributed by atoms with van der Waals surface area (Å²) < 4.78 is 13.4. The number of hydrogen-bond donors (Lipinski definition) is 0. The molecule has 2 fully saturated rings. The maximum atomic E-state index is 11.7. The first kappa shape index (κ1) is 17.1. The Kier molecular flexibility index (Phi) is 4.76. The Morgan fingerprint density at radius 2 is 2.25 bits per heavy atom. The molecule has 0 aliphatic heterocycles. The fourth-order valence-electron chi connectivity index (χ4n) is 4.40. The van der Waals surface area contributed by atoms with Crippen molar-refractivity contribution in [3.05, 3.63) is 30.4 Å². The van der Waals surface area contributed by atoms with Crippen LogP contribution < -0.4 is 0 Å². The van der Waals surface area contributed by atoms with Crippen LogP contribution in [-0.4, -0.2) is 32.9 Å². The molecule has 0 bridgehead atoms. The molecule has 130 valence electrons. The maximum Gasteiger partial charge on any atom is 0.303 e. The third kappa shape index (κ3) is 2.99. The smallest absolute Gasteiger partial charge is 0.303 e. The molecule has 0 unspecified atom stereocenters. The highest BCUT2D eigenvalue weighted by Crippen LogP contribution is 2.56. The number of ether oxygens (including phenoxy) is 2. The lowest BCUT2D eigenvalue weighted by Gasteiger charge is -2.45. The third-order valence-corrected chi connectivity index (χ3v) is 5.91. The summed E-state index contributed by atoms with van der Waals surface area (Å²) in [5, 5.41) is 0.350. The van der Waals surface area contributed by atoms with E-state index in [1.807, 2.05) is 0 Å².